The van der Waals surface area contributed by atoms with Crippen LogP contribution in [0.1, 0.15) is 34.5 Å². The minimum Gasteiger partial charge on any atom is -0.483 e. The normalized spacial score (nSPS) is 20.7. The van der Waals surface area contributed by atoms with Crippen LogP contribution in [0.15, 0.2) is 36.5 Å². The van der Waals surface area contributed by atoms with Crippen molar-refractivity contribution in [2.45, 2.75) is 31.8 Å². The molecule has 0 saturated carbocycles. The number of rotatable bonds is 6. The Morgan fingerprint density at radius 1 is 1.33 bits per heavy atom. The van der Waals surface area contributed by atoms with Crippen LogP contribution in [0.25, 0.3) is 0 Å². The molecule has 5 N–H and O–H groups in total. The number of aliphatic hydroxyl groups excluding tert-OH is 1. The molecule has 1 aliphatic rings. The number of aliphatic carboxylic acids is 1. The molecule has 1 amide bonds. The minimum atomic E-state index is -1.36. The second-order valence-electron chi connectivity index (χ2n) is 7.00. The van der Waals surface area contributed by atoms with Crippen LogP contribution in [0.5, 0.6) is 0 Å². The van der Waals surface area contributed by atoms with Gasteiger partial charge in [-0.05, 0) is 31.2 Å². The van der Waals surface area contributed by atoms with Crippen molar-refractivity contribution in [2.75, 3.05) is 18.8 Å². The maximum Gasteiger partial charge on any atom is 0.314 e. The van der Waals surface area contributed by atoms with E-state index in [1.165, 1.54) is 11.1 Å². The van der Waals surface area contributed by atoms with Crippen LogP contribution in [-0.4, -0.2) is 62.7 Å². The fourth-order valence-electron chi connectivity index (χ4n) is 3.61. The Morgan fingerprint density at radius 3 is 2.57 bits per heavy atom. The Hall–Kier alpha value is -2.98. The largest absolute Gasteiger partial charge is 0.483 e. The molecule has 1 saturated heterocycles. The number of benzene rings is 1. The number of nitrogens with two attached hydrogens (primary N) is 1. The van der Waals surface area contributed by atoms with Crippen molar-refractivity contribution in [3.05, 3.63) is 47.0 Å². The molecule has 0 aliphatic carbocycles. The molecule has 0 unspecified atom stereocenters. The summed E-state index contributed by atoms with van der Waals surface area (Å²) in [6, 6.07) is 9.81. The maximum absolute atomic E-state index is 12.7. The monoisotopic (exact) mass is 435 g/mol. The van der Waals surface area contributed by atoms with Gasteiger partial charge < -0.3 is 26.0 Å². The number of thiazole rings is 1. The fourth-order valence-corrected chi connectivity index (χ4v) is 4.26. The van der Waals surface area contributed by atoms with E-state index < -0.39 is 17.5 Å². The minimum absolute atomic E-state index is 0.0189. The summed E-state index contributed by atoms with van der Waals surface area (Å²) in [5, 5.41) is 27.6. The highest BCUT2D eigenvalue weighted by molar-refractivity contribution is 7.17. The summed E-state index contributed by atoms with van der Waals surface area (Å²) in [7, 11) is 0. The first-order valence-corrected chi connectivity index (χ1v) is 10.2. The Labute approximate surface area is 177 Å². The van der Waals surface area contributed by atoms with Gasteiger partial charge in [0.15, 0.2) is 5.13 Å². The molecule has 0 spiro atoms. The van der Waals surface area contributed by atoms with Crippen LogP contribution >= 0.6 is 11.3 Å². The number of hydrogen-bond acceptors (Lipinski definition) is 7. The van der Waals surface area contributed by atoms with Crippen LogP contribution in [-0.2, 0) is 16.0 Å². The van der Waals surface area contributed by atoms with Crippen molar-refractivity contribution >= 4 is 34.8 Å². The first kappa shape index (κ1) is 23.3. The molecule has 2 heterocycles. The third kappa shape index (κ3) is 5.55. The lowest BCUT2D eigenvalue weighted by Crippen LogP contribution is -2.57. The van der Waals surface area contributed by atoms with Crippen LogP contribution in [0.4, 0.5) is 5.13 Å². The Kier molecular flexibility index (Phi) is 8.31. The number of aliphatic hydroxyl groups is 1. The van der Waals surface area contributed by atoms with Gasteiger partial charge in [-0.25, -0.2) is 4.98 Å². The molecule has 1 aromatic heterocycles. The van der Waals surface area contributed by atoms with Crippen molar-refractivity contribution in [1.29, 1.82) is 0 Å². The highest BCUT2D eigenvalue weighted by atomic mass is 32.1. The summed E-state index contributed by atoms with van der Waals surface area (Å²) in [6.07, 6.45) is 2.29. The first-order chi connectivity index (χ1) is 14.3. The van der Waals surface area contributed by atoms with Crippen molar-refractivity contribution in [2.24, 2.45) is 5.41 Å². The number of carbonyl (C=O) groups is 3. The molecule has 2 atom stereocenters. The zero-order valence-electron chi connectivity index (χ0n) is 16.3. The van der Waals surface area contributed by atoms with Crippen molar-refractivity contribution < 1.29 is 29.7 Å². The topological polar surface area (TPSA) is 154 Å². The predicted octanol–water partition coefficient (Wildman–Crippen LogP) is 1.73. The molecular formula is C20H25N3O6S. The lowest BCUT2D eigenvalue weighted by Gasteiger charge is -2.43. The Balaban J connectivity index is 0.00000101. The second-order valence-corrected chi connectivity index (χ2v) is 8.06. The van der Waals surface area contributed by atoms with E-state index in [0.29, 0.717) is 29.4 Å². The van der Waals surface area contributed by atoms with Gasteiger partial charge in [0.1, 0.15) is 10.3 Å². The number of aromatic nitrogens is 1. The second kappa shape index (κ2) is 10.7. The number of carboxylic acid groups (broad SMARTS) is 2. The molecule has 1 aromatic carbocycles. The predicted molar refractivity (Wildman–Crippen MR) is 111 cm³/mol. The van der Waals surface area contributed by atoms with Gasteiger partial charge in [0.05, 0.1) is 12.3 Å². The maximum atomic E-state index is 12.7. The zero-order valence-corrected chi connectivity index (χ0v) is 17.1. The number of likely N-dealkylation sites (tertiary alicyclic amines) is 1. The van der Waals surface area contributed by atoms with E-state index in [1.807, 2.05) is 30.3 Å². The molecule has 0 bridgehead atoms. The van der Waals surface area contributed by atoms with Gasteiger partial charge in [0.25, 0.3) is 12.4 Å². The molecule has 0 radical (unpaired) electrons. The van der Waals surface area contributed by atoms with Crippen molar-refractivity contribution in [3.8, 4) is 0 Å². The molecule has 162 valence electrons. The van der Waals surface area contributed by atoms with Crippen LogP contribution in [0, 0.1) is 5.41 Å². The lowest BCUT2D eigenvalue weighted by atomic mass is 9.73. The summed E-state index contributed by atoms with van der Waals surface area (Å²) < 4.78 is 0. The molecule has 30 heavy (non-hydrogen) atoms. The molecule has 3 rings (SSSR count). The number of piperidine rings is 1. The summed E-state index contributed by atoms with van der Waals surface area (Å²) in [5.41, 5.74) is 5.35. The van der Waals surface area contributed by atoms with Gasteiger partial charge in [-0.15, -0.1) is 0 Å². The number of nitrogen functional groups attached to an aromatic ring is 1. The summed E-state index contributed by atoms with van der Waals surface area (Å²) >= 11 is 1.08. The van der Waals surface area contributed by atoms with Crippen molar-refractivity contribution in [3.63, 3.8) is 0 Å². The van der Waals surface area contributed by atoms with E-state index in [-0.39, 0.29) is 25.3 Å². The van der Waals surface area contributed by atoms with E-state index in [0.717, 1.165) is 23.3 Å². The number of amides is 1. The smallest absolute Gasteiger partial charge is 0.314 e. The van der Waals surface area contributed by atoms with Crippen LogP contribution in [0.3, 0.4) is 0 Å². The summed E-state index contributed by atoms with van der Waals surface area (Å²) in [6.45, 7) is 0.0421. The average Bonchev–Trinajstić information content (AvgIpc) is 3.16. The van der Waals surface area contributed by atoms with Gasteiger partial charge in [0.2, 0.25) is 0 Å². The standard InChI is InChI=1S/C19H23N3O4S.CH2O2/c20-18-21-11-14(27-18)16(24)22-10-8-15(23)19(12-22,17(25)26)9-4-7-13-5-2-1-3-6-13;2-1-3/h1-3,5-6,11,15,23H,4,7-10,12H2,(H2,20,21)(H,25,26);1H,(H,2,3)/t15-,19-;/m1./s1. The molecule has 1 fully saturated rings. The fraction of sp³-hybridized carbons (Fsp3) is 0.400. The van der Waals surface area contributed by atoms with Gasteiger partial charge in [-0.2, -0.15) is 0 Å². The third-order valence-corrected chi connectivity index (χ3v) is 5.98. The SMILES string of the molecule is Nc1ncc(C(=O)N2CC[C@@H](O)[C@](CCCc3ccccc3)(C(=O)O)C2)s1.O=CO. The highest BCUT2D eigenvalue weighted by Crippen LogP contribution is 2.37. The van der Waals surface area contributed by atoms with Gasteiger partial charge >= 0.3 is 5.97 Å². The molecule has 9 nitrogen and oxygen atoms in total. The number of hydrogen-bond donors (Lipinski definition) is 4. The third-order valence-electron chi connectivity index (χ3n) is 5.16. The summed E-state index contributed by atoms with van der Waals surface area (Å²) in [4.78, 5) is 38.9. The van der Waals surface area contributed by atoms with E-state index in [1.54, 1.807) is 0 Å². The summed E-state index contributed by atoms with van der Waals surface area (Å²) in [5.74, 6) is -1.35. The first-order valence-electron chi connectivity index (χ1n) is 9.38. The quantitative estimate of drug-likeness (QED) is 0.500. The number of anilines is 1. The van der Waals surface area contributed by atoms with Crippen LogP contribution < -0.4 is 5.73 Å². The Morgan fingerprint density at radius 2 is 2.00 bits per heavy atom. The van der Waals surface area contributed by atoms with E-state index in [9.17, 15) is 19.8 Å². The van der Waals surface area contributed by atoms with Crippen molar-refractivity contribution in [1.82, 2.24) is 9.88 Å². The number of aryl methyl sites for hydroxylation is 1. The number of nitrogens with zero attached hydrogens (tertiary/aromatic N) is 2. The van der Waals surface area contributed by atoms with Gasteiger partial charge in [-0.1, -0.05) is 41.7 Å². The molecule has 1 aliphatic heterocycles. The molecule has 10 heteroatoms. The number of carbonyl (C=O) groups excluding carboxylic acids is 1. The highest BCUT2D eigenvalue weighted by Gasteiger charge is 2.49. The number of carboxylic acids is 1. The Bertz CT molecular complexity index is 859. The van der Waals surface area contributed by atoms with Gasteiger partial charge in [0, 0.05) is 13.1 Å². The average molecular weight is 436 g/mol. The van der Waals surface area contributed by atoms with E-state index >= 15 is 0 Å². The lowest BCUT2D eigenvalue weighted by molar-refractivity contribution is -0.162. The molecule has 2 aromatic rings. The van der Waals surface area contributed by atoms with Crippen LogP contribution in [0.2, 0.25) is 0 Å². The molecular weight excluding hydrogens is 410 g/mol. The van der Waals surface area contributed by atoms with E-state index in [2.05, 4.69) is 4.98 Å². The van der Waals surface area contributed by atoms with E-state index in [4.69, 9.17) is 15.6 Å². The zero-order chi connectivity index (χ0) is 22.1. The van der Waals surface area contributed by atoms with Gasteiger partial charge in [-0.3, -0.25) is 14.4 Å².